The first kappa shape index (κ1) is 21.7. The molecule has 0 aliphatic carbocycles. The predicted octanol–water partition coefficient (Wildman–Crippen LogP) is 8.03. The summed E-state index contributed by atoms with van der Waals surface area (Å²) in [5.41, 5.74) is 0.876. The van der Waals surface area contributed by atoms with Crippen LogP contribution in [0.2, 0.25) is 0 Å². The molecule has 0 saturated heterocycles. The second-order valence-electron chi connectivity index (χ2n) is 7.96. The van der Waals surface area contributed by atoms with E-state index in [4.69, 9.17) is 4.42 Å². The second kappa shape index (κ2) is 13.6. The van der Waals surface area contributed by atoms with Gasteiger partial charge in [-0.05, 0) is 18.6 Å². The van der Waals surface area contributed by atoms with Crippen LogP contribution in [0.3, 0.4) is 0 Å². The van der Waals surface area contributed by atoms with Crippen molar-refractivity contribution in [1.82, 2.24) is 0 Å². The van der Waals surface area contributed by atoms with Crippen molar-refractivity contribution in [3.8, 4) is 0 Å². The number of para-hydroxylation sites is 1. The van der Waals surface area contributed by atoms with Gasteiger partial charge in [0.1, 0.15) is 17.1 Å². The largest absolute Gasteiger partial charge is 0.461 e. The van der Waals surface area contributed by atoms with Crippen LogP contribution in [-0.4, -0.2) is 5.78 Å². The van der Waals surface area contributed by atoms with Gasteiger partial charge in [-0.2, -0.15) is 0 Å². The zero-order valence-corrected chi connectivity index (χ0v) is 17.3. The van der Waals surface area contributed by atoms with Gasteiger partial charge in [0.15, 0.2) is 0 Å². The summed E-state index contributed by atoms with van der Waals surface area (Å²) >= 11 is 0. The molecule has 2 nitrogen and oxygen atoms in total. The lowest BCUT2D eigenvalue weighted by molar-refractivity contribution is -0.118. The third kappa shape index (κ3) is 9.26. The molecule has 0 atom stereocenters. The van der Waals surface area contributed by atoms with Gasteiger partial charge in [0.2, 0.25) is 0 Å². The molecular weight excluding hydrogens is 332 g/mol. The molecule has 0 radical (unpaired) electrons. The molecule has 2 rings (SSSR count). The average molecular weight is 371 g/mol. The molecular formula is C25H38O2. The van der Waals surface area contributed by atoms with Crippen LogP contribution < -0.4 is 0 Å². The van der Waals surface area contributed by atoms with Crippen molar-refractivity contribution < 1.29 is 9.21 Å². The van der Waals surface area contributed by atoms with Crippen LogP contribution in [0.15, 0.2) is 34.7 Å². The predicted molar refractivity (Wildman–Crippen MR) is 115 cm³/mol. The summed E-state index contributed by atoms with van der Waals surface area (Å²) in [5, 5.41) is 1.08. The first-order chi connectivity index (χ1) is 13.3. The zero-order valence-electron chi connectivity index (χ0n) is 17.3. The van der Waals surface area contributed by atoms with Crippen LogP contribution in [0, 0.1) is 0 Å². The molecule has 27 heavy (non-hydrogen) atoms. The maximum Gasteiger partial charge on any atom is 0.140 e. The fourth-order valence-corrected chi connectivity index (χ4v) is 3.75. The molecule has 1 aromatic carbocycles. The summed E-state index contributed by atoms with van der Waals surface area (Å²) in [7, 11) is 0. The second-order valence-corrected chi connectivity index (χ2v) is 7.96. The first-order valence-corrected chi connectivity index (χ1v) is 11.3. The molecule has 2 aromatic rings. The number of hydrogen-bond acceptors (Lipinski definition) is 2. The van der Waals surface area contributed by atoms with Crippen LogP contribution in [-0.2, 0) is 11.2 Å². The van der Waals surface area contributed by atoms with E-state index in [0.29, 0.717) is 18.6 Å². The Morgan fingerprint density at radius 1 is 0.778 bits per heavy atom. The number of unbranched alkanes of at least 4 members (excludes halogenated alkanes) is 12. The van der Waals surface area contributed by atoms with E-state index in [0.717, 1.165) is 23.2 Å². The molecule has 1 aromatic heterocycles. The normalized spacial score (nSPS) is 11.3. The Balaban J connectivity index is 1.41. The first-order valence-electron chi connectivity index (χ1n) is 11.3. The molecule has 0 bridgehead atoms. The maximum atomic E-state index is 12.1. The van der Waals surface area contributed by atoms with Gasteiger partial charge >= 0.3 is 0 Å². The lowest BCUT2D eigenvalue weighted by Crippen LogP contribution is -2.01. The molecule has 1 heterocycles. The number of carbonyl (C=O) groups is 1. The van der Waals surface area contributed by atoms with E-state index in [1.807, 2.05) is 30.3 Å². The number of benzene rings is 1. The SMILES string of the molecule is CCCCCCCCCCCCCCCC(=O)Cc1cc2ccccc2o1. The van der Waals surface area contributed by atoms with E-state index >= 15 is 0 Å². The monoisotopic (exact) mass is 370 g/mol. The third-order valence-corrected chi connectivity index (χ3v) is 5.41. The molecule has 2 heteroatoms. The van der Waals surface area contributed by atoms with E-state index < -0.39 is 0 Å². The van der Waals surface area contributed by atoms with E-state index in [1.165, 1.54) is 77.0 Å². The zero-order chi connectivity index (χ0) is 19.2. The molecule has 150 valence electrons. The highest BCUT2D eigenvalue weighted by atomic mass is 16.3. The number of furan rings is 1. The molecule has 0 amide bonds. The highest BCUT2D eigenvalue weighted by Crippen LogP contribution is 2.20. The minimum Gasteiger partial charge on any atom is -0.461 e. The van der Waals surface area contributed by atoms with Gasteiger partial charge in [-0.25, -0.2) is 0 Å². The van der Waals surface area contributed by atoms with Crippen molar-refractivity contribution in [1.29, 1.82) is 0 Å². The molecule has 0 saturated carbocycles. The summed E-state index contributed by atoms with van der Waals surface area (Å²) in [6.45, 7) is 2.27. The van der Waals surface area contributed by atoms with Crippen molar-refractivity contribution in [3.63, 3.8) is 0 Å². The molecule has 0 unspecified atom stereocenters. The van der Waals surface area contributed by atoms with Crippen LogP contribution in [0.5, 0.6) is 0 Å². The van der Waals surface area contributed by atoms with Crippen LogP contribution in [0.25, 0.3) is 11.0 Å². The minimum atomic E-state index is 0.303. The Labute approximate surface area is 165 Å². The fourth-order valence-electron chi connectivity index (χ4n) is 3.75. The molecule has 0 N–H and O–H groups in total. The topological polar surface area (TPSA) is 30.2 Å². The Bertz CT molecular complexity index is 608. The van der Waals surface area contributed by atoms with Crippen molar-refractivity contribution in [3.05, 3.63) is 36.1 Å². The minimum absolute atomic E-state index is 0.303. The molecule has 0 fully saturated rings. The van der Waals surface area contributed by atoms with Gasteiger partial charge in [0.05, 0.1) is 6.42 Å². The maximum absolute atomic E-state index is 12.1. The summed E-state index contributed by atoms with van der Waals surface area (Å²) < 4.78 is 5.74. The van der Waals surface area contributed by atoms with E-state index in [1.54, 1.807) is 0 Å². The van der Waals surface area contributed by atoms with Crippen molar-refractivity contribution in [2.24, 2.45) is 0 Å². The lowest BCUT2D eigenvalue weighted by Gasteiger charge is -2.03. The number of ketones is 1. The van der Waals surface area contributed by atoms with Gasteiger partial charge in [0, 0.05) is 11.8 Å². The van der Waals surface area contributed by atoms with Gasteiger partial charge in [-0.3, -0.25) is 4.79 Å². The standard InChI is InChI=1S/C25H38O2/c1-2-3-4-5-6-7-8-9-10-11-12-13-14-18-23(26)21-24-20-22-17-15-16-19-25(22)27-24/h15-17,19-20H,2-14,18,21H2,1H3. The summed E-state index contributed by atoms with van der Waals surface area (Å²) in [6, 6.07) is 9.94. The Morgan fingerprint density at radius 2 is 1.33 bits per heavy atom. The van der Waals surface area contributed by atoms with E-state index in [2.05, 4.69) is 6.92 Å². The number of fused-ring (bicyclic) bond motifs is 1. The van der Waals surface area contributed by atoms with Gasteiger partial charge in [0.25, 0.3) is 0 Å². The quantitative estimate of drug-likeness (QED) is 0.280. The lowest BCUT2D eigenvalue weighted by atomic mass is 10.0. The van der Waals surface area contributed by atoms with Crippen molar-refractivity contribution >= 4 is 16.8 Å². The van der Waals surface area contributed by atoms with Crippen LogP contribution in [0.4, 0.5) is 0 Å². The summed E-state index contributed by atoms with van der Waals surface area (Å²) in [4.78, 5) is 12.1. The average Bonchev–Trinajstić information content (AvgIpc) is 3.07. The summed E-state index contributed by atoms with van der Waals surface area (Å²) in [5.74, 6) is 1.10. The number of hydrogen-bond donors (Lipinski definition) is 0. The fraction of sp³-hybridized carbons (Fsp3) is 0.640. The van der Waals surface area contributed by atoms with Crippen LogP contribution >= 0.6 is 0 Å². The highest BCUT2D eigenvalue weighted by molar-refractivity contribution is 5.83. The van der Waals surface area contributed by atoms with Crippen molar-refractivity contribution in [2.45, 2.75) is 103 Å². The third-order valence-electron chi connectivity index (χ3n) is 5.41. The van der Waals surface area contributed by atoms with Crippen LogP contribution in [0.1, 0.15) is 103 Å². The summed E-state index contributed by atoms with van der Waals surface area (Å²) in [6.07, 6.45) is 18.5. The number of carbonyl (C=O) groups excluding carboxylic acids is 1. The Hall–Kier alpha value is -1.57. The van der Waals surface area contributed by atoms with Gasteiger partial charge < -0.3 is 4.42 Å². The Morgan fingerprint density at radius 3 is 1.93 bits per heavy atom. The van der Waals surface area contributed by atoms with E-state index in [9.17, 15) is 4.79 Å². The highest BCUT2D eigenvalue weighted by Gasteiger charge is 2.08. The van der Waals surface area contributed by atoms with E-state index in [-0.39, 0.29) is 0 Å². The number of rotatable bonds is 16. The number of Topliss-reactive ketones (excluding diaryl/α,β-unsaturated/α-hetero) is 1. The van der Waals surface area contributed by atoms with Crippen molar-refractivity contribution in [2.75, 3.05) is 0 Å². The van der Waals surface area contributed by atoms with Gasteiger partial charge in [-0.15, -0.1) is 0 Å². The molecule has 0 aliphatic heterocycles. The molecule has 0 spiro atoms. The Kier molecular flexibility index (Phi) is 10.9. The molecule has 0 aliphatic rings. The smallest absolute Gasteiger partial charge is 0.140 e. The van der Waals surface area contributed by atoms with Gasteiger partial charge in [-0.1, -0.05) is 102 Å².